The molecule has 3 aromatic rings. The summed E-state index contributed by atoms with van der Waals surface area (Å²) >= 11 is 0. The number of fused-ring (bicyclic) bond motifs is 1. The highest BCUT2D eigenvalue weighted by molar-refractivity contribution is 5.60. The van der Waals surface area contributed by atoms with E-state index in [-0.39, 0.29) is 0 Å². The summed E-state index contributed by atoms with van der Waals surface area (Å²) in [4.78, 5) is 12.0. The van der Waals surface area contributed by atoms with Crippen molar-refractivity contribution in [3.05, 3.63) is 53.7 Å². The van der Waals surface area contributed by atoms with Crippen LogP contribution in [-0.2, 0) is 26.4 Å². The molecule has 134 valence electrons. The molecule has 4 rings (SSSR count). The van der Waals surface area contributed by atoms with E-state index in [4.69, 9.17) is 9.97 Å². The first-order valence-electron chi connectivity index (χ1n) is 8.92. The normalized spacial score (nSPS) is 13.9. The largest absolute Gasteiger partial charge is 0.352 e. The third-order valence-corrected chi connectivity index (χ3v) is 4.74. The van der Waals surface area contributed by atoms with Crippen molar-refractivity contribution in [3.8, 4) is 11.4 Å². The number of hydrogen-bond donors (Lipinski definition) is 1. The number of nitrogens with one attached hydrogen (secondary N) is 1. The second kappa shape index (κ2) is 7.21. The molecule has 3 heterocycles. The molecule has 0 saturated carbocycles. The van der Waals surface area contributed by atoms with Crippen LogP contribution in [0.25, 0.3) is 11.4 Å². The fourth-order valence-corrected chi connectivity index (χ4v) is 3.29. The minimum atomic E-state index is 0.654. The topological polar surface area (TPSA) is 71.8 Å². The summed E-state index contributed by atoms with van der Waals surface area (Å²) in [5.74, 6) is 2.68. The van der Waals surface area contributed by atoms with E-state index in [0.29, 0.717) is 6.54 Å². The van der Waals surface area contributed by atoms with Crippen molar-refractivity contribution in [2.24, 2.45) is 7.05 Å². The van der Waals surface area contributed by atoms with Crippen molar-refractivity contribution in [1.29, 1.82) is 0 Å². The standard InChI is InChI=1S/C19H23N7/c1-25(12-17-24-21-13-26(17)2)19-15-8-10-20-11-9-16(15)22-18(23-19)14-6-4-3-5-7-14/h3-7,13,20H,8-12H2,1-2H3. The lowest BCUT2D eigenvalue weighted by atomic mass is 10.1. The number of nitrogens with zero attached hydrogens (tertiary/aromatic N) is 6. The Morgan fingerprint density at radius 2 is 1.92 bits per heavy atom. The molecule has 0 saturated heterocycles. The van der Waals surface area contributed by atoms with Crippen LogP contribution in [-0.4, -0.2) is 44.9 Å². The van der Waals surface area contributed by atoms with Crippen molar-refractivity contribution in [1.82, 2.24) is 30.0 Å². The predicted molar refractivity (Wildman–Crippen MR) is 101 cm³/mol. The van der Waals surface area contributed by atoms with Crippen LogP contribution in [0.2, 0.25) is 0 Å². The van der Waals surface area contributed by atoms with Crippen molar-refractivity contribution in [3.63, 3.8) is 0 Å². The molecule has 1 aromatic carbocycles. The highest BCUT2D eigenvalue weighted by Gasteiger charge is 2.20. The summed E-state index contributed by atoms with van der Waals surface area (Å²) in [6, 6.07) is 10.2. The summed E-state index contributed by atoms with van der Waals surface area (Å²) in [5.41, 5.74) is 3.42. The Kier molecular flexibility index (Phi) is 4.62. The molecule has 0 bridgehead atoms. The first-order valence-corrected chi connectivity index (χ1v) is 8.92. The van der Waals surface area contributed by atoms with Gasteiger partial charge in [-0.15, -0.1) is 10.2 Å². The Morgan fingerprint density at radius 3 is 2.69 bits per heavy atom. The summed E-state index contributed by atoms with van der Waals surface area (Å²) < 4.78 is 1.94. The SMILES string of the molecule is CN(Cc1nncn1C)c1nc(-c2ccccc2)nc2c1CCNCC2. The molecule has 1 N–H and O–H groups in total. The lowest BCUT2D eigenvalue weighted by Gasteiger charge is -2.22. The van der Waals surface area contributed by atoms with Gasteiger partial charge in [-0.1, -0.05) is 30.3 Å². The van der Waals surface area contributed by atoms with Crippen LogP contribution in [0.3, 0.4) is 0 Å². The van der Waals surface area contributed by atoms with Gasteiger partial charge < -0.3 is 14.8 Å². The highest BCUT2D eigenvalue weighted by Crippen LogP contribution is 2.27. The monoisotopic (exact) mass is 349 g/mol. The predicted octanol–water partition coefficient (Wildman–Crippen LogP) is 1.60. The molecular formula is C19H23N7. The number of aryl methyl sites for hydroxylation is 1. The fourth-order valence-electron chi connectivity index (χ4n) is 3.29. The average molecular weight is 349 g/mol. The molecule has 0 atom stereocenters. The van der Waals surface area contributed by atoms with Gasteiger partial charge in [0.25, 0.3) is 0 Å². The fraction of sp³-hybridized carbons (Fsp3) is 0.368. The van der Waals surface area contributed by atoms with E-state index in [1.165, 1.54) is 5.56 Å². The zero-order valence-electron chi connectivity index (χ0n) is 15.2. The van der Waals surface area contributed by atoms with Gasteiger partial charge in [-0.3, -0.25) is 0 Å². The van der Waals surface area contributed by atoms with Crippen LogP contribution in [0, 0.1) is 0 Å². The van der Waals surface area contributed by atoms with Gasteiger partial charge in [-0.25, -0.2) is 9.97 Å². The molecule has 2 aromatic heterocycles. The molecule has 1 aliphatic heterocycles. The van der Waals surface area contributed by atoms with Gasteiger partial charge in [-0.05, 0) is 13.0 Å². The van der Waals surface area contributed by atoms with E-state index in [9.17, 15) is 0 Å². The molecule has 7 heteroatoms. The Labute approximate surface area is 153 Å². The van der Waals surface area contributed by atoms with E-state index < -0.39 is 0 Å². The van der Waals surface area contributed by atoms with Crippen LogP contribution < -0.4 is 10.2 Å². The first kappa shape index (κ1) is 16.7. The Bertz CT molecular complexity index is 888. The van der Waals surface area contributed by atoms with Crippen LogP contribution in [0.15, 0.2) is 36.7 Å². The lowest BCUT2D eigenvalue weighted by molar-refractivity contribution is 0.707. The smallest absolute Gasteiger partial charge is 0.161 e. The number of rotatable bonds is 4. The van der Waals surface area contributed by atoms with Crippen LogP contribution in [0.1, 0.15) is 17.1 Å². The van der Waals surface area contributed by atoms with Gasteiger partial charge in [0.2, 0.25) is 0 Å². The number of hydrogen-bond acceptors (Lipinski definition) is 6. The molecule has 0 amide bonds. The number of benzene rings is 1. The van der Waals surface area contributed by atoms with Gasteiger partial charge in [0, 0.05) is 38.2 Å². The molecule has 7 nitrogen and oxygen atoms in total. The molecule has 0 unspecified atom stereocenters. The van der Waals surface area contributed by atoms with Gasteiger partial charge >= 0.3 is 0 Å². The average Bonchev–Trinajstić information content (AvgIpc) is 2.93. The summed E-state index contributed by atoms with van der Waals surface area (Å²) in [5, 5.41) is 11.6. The van der Waals surface area contributed by atoms with E-state index in [1.54, 1.807) is 6.33 Å². The Hall–Kier alpha value is -2.80. The van der Waals surface area contributed by atoms with Crippen LogP contribution >= 0.6 is 0 Å². The third kappa shape index (κ3) is 3.30. The van der Waals surface area contributed by atoms with Crippen molar-refractivity contribution in [2.45, 2.75) is 19.4 Å². The molecule has 1 aliphatic rings. The molecule has 0 fully saturated rings. The second-order valence-corrected chi connectivity index (χ2v) is 6.63. The minimum absolute atomic E-state index is 0.654. The quantitative estimate of drug-likeness (QED) is 0.771. The summed E-state index contributed by atoms with van der Waals surface area (Å²) in [6.45, 7) is 2.55. The molecule has 0 spiro atoms. The van der Waals surface area contributed by atoms with E-state index in [1.807, 2.05) is 29.8 Å². The maximum Gasteiger partial charge on any atom is 0.161 e. The Balaban J connectivity index is 1.77. The minimum Gasteiger partial charge on any atom is -0.352 e. The van der Waals surface area contributed by atoms with Crippen molar-refractivity contribution < 1.29 is 0 Å². The Morgan fingerprint density at radius 1 is 1.12 bits per heavy atom. The van der Waals surface area contributed by atoms with Gasteiger partial charge in [0.15, 0.2) is 11.6 Å². The van der Waals surface area contributed by atoms with E-state index >= 15 is 0 Å². The molecule has 26 heavy (non-hydrogen) atoms. The van der Waals surface area contributed by atoms with Crippen molar-refractivity contribution >= 4 is 5.82 Å². The second-order valence-electron chi connectivity index (χ2n) is 6.63. The van der Waals surface area contributed by atoms with Gasteiger partial charge in [0.1, 0.15) is 12.1 Å². The lowest BCUT2D eigenvalue weighted by Crippen LogP contribution is -2.23. The zero-order chi connectivity index (χ0) is 17.9. The molecule has 0 radical (unpaired) electrons. The summed E-state index contributed by atoms with van der Waals surface area (Å²) in [6.07, 6.45) is 3.58. The van der Waals surface area contributed by atoms with E-state index in [2.05, 4.69) is 39.6 Å². The van der Waals surface area contributed by atoms with Crippen LogP contribution in [0.4, 0.5) is 5.82 Å². The molecular weight excluding hydrogens is 326 g/mol. The maximum atomic E-state index is 4.94. The van der Waals surface area contributed by atoms with Gasteiger partial charge in [-0.2, -0.15) is 0 Å². The van der Waals surface area contributed by atoms with Crippen LogP contribution in [0.5, 0.6) is 0 Å². The van der Waals surface area contributed by atoms with Gasteiger partial charge in [0.05, 0.1) is 12.2 Å². The van der Waals surface area contributed by atoms with Crippen molar-refractivity contribution in [2.75, 3.05) is 25.0 Å². The number of aromatic nitrogens is 5. The molecule has 0 aliphatic carbocycles. The maximum absolute atomic E-state index is 4.94. The number of anilines is 1. The first-order chi connectivity index (χ1) is 12.7. The van der Waals surface area contributed by atoms with E-state index in [0.717, 1.165) is 54.7 Å². The third-order valence-electron chi connectivity index (χ3n) is 4.74. The summed E-state index contributed by atoms with van der Waals surface area (Å²) in [7, 11) is 4.02. The highest BCUT2D eigenvalue weighted by atomic mass is 15.3. The zero-order valence-corrected chi connectivity index (χ0v) is 15.2.